The molecule has 1 rings (SSSR count). The van der Waals surface area contributed by atoms with Gasteiger partial charge in [0, 0.05) is 7.11 Å². The number of methoxy groups -OCH3 is 1. The van der Waals surface area contributed by atoms with Crippen LogP contribution in [0.5, 0.6) is 0 Å². The van der Waals surface area contributed by atoms with Crippen LogP contribution in [-0.2, 0) is 9.53 Å². The van der Waals surface area contributed by atoms with Crippen LogP contribution in [0.15, 0.2) is 30.3 Å². The first-order valence-corrected chi connectivity index (χ1v) is 5.99. The summed E-state index contributed by atoms with van der Waals surface area (Å²) in [6.45, 7) is 3.37. The molecule has 4 nitrogen and oxygen atoms in total. The van der Waals surface area contributed by atoms with E-state index in [4.69, 9.17) is 22.7 Å². The molecule has 1 aromatic carbocycles. The molecular formula is C13H18N2O2S. The van der Waals surface area contributed by atoms with Crippen LogP contribution in [-0.4, -0.2) is 23.6 Å². The number of thiocarbonyl (C=S) groups is 1. The van der Waals surface area contributed by atoms with Gasteiger partial charge in [-0.25, -0.2) is 0 Å². The second-order valence-corrected chi connectivity index (χ2v) is 4.91. The average molecular weight is 266 g/mol. The molecule has 0 aliphatic rings. The van der Waals surface area contributed by atoms with E-state index >= 15 is 0 Å². The van der Waals surface area contributed by atoms with Gasteiger partial charge < -0.3 is 15.8 Å². The van der Waals surface area contributed by atoms with E-state index in [9.17, 15) is 4.79 Å². The summed E-state index contributed by atoms with van der Waals surface area (Å²) in [5.41, 5.74) is 5.61. The number of nitrogens with one attached hydrogen (secondary N) is 1. The third-order valence-electron chi connectivity index (χ3n) is 2.75. The lowest BCUT2D eigenvalue weighted by atomic mass is 10.0. The van der Waals surface area contributed by atoms with Gasteiger partial charge in [0.05, 0.1) is 0 Å². The SMILES string of the molecule is COC(C)(C)C(=O)NC(C(N)=S)c1ccccc1. The van der Waals surface area contributed by atoms with E-state index in [0.717, 1.165) is 5.56 Å². The van der Waals surface area contributed by atoms with Gasteiger partial charge in [0.25, 0.3) is 5.91 Å². The van der Waals surface area contributed by atoms with Gasteiger partial charge in [0.2, 0.25) is 0 Å². The molecule has 1 atom stereocenters. The number of rotatable bonds is 5. The lowest BCUT2D eigenvalue weighted by molar-refractivity contribution is -0.139. The number of nitrogens with two attached hydrogens (primary N) is 1. The topological polar surface area (TPSA) is 64.3 Å². The number of benzene rings is 1. The Labute approximate surface area is 113 Å². The molecule has 0 fully saturated rings. The van der Waals surface area contributed by atoms with E-state index in [-0.39, 0.29) is 10.9 Å². The highest BCUT2D eigenvalue weighted by Gasteiger charge is 2.30. The van der Waals surface area contributed by atoms with Gasteiger partial charge in [-0.05, 0) is 19.4 Å². The Balaban J connectivity index is 2.90. The summed E-state index contributed by atoms with van der Waals surface area (Å²) in [7, 11) is 1.48. The zero-order chi connectivity index (χ0) is 13.8. The Morgan fingerprint density at radius 1 is 1.39 bits per heavy atom. The van der Waals surface area contributed by atoms with Crippen molar-refractivity contribution in [2.45, 2.75) is 25.5 Å². The number of amides is 1. The molecule has 0 bridgehead atoms. The minimum Gasteiger partial charge on any atom is -0.391 e. The fourth-order valence-electron chi connectivity index (χ4n) is 1.36. The summed E-state index contributed by atoms with van der Waals surface area (Å²) in [4.78, 5) is 12.3. The smallest absolute Gasteiger partial charge is 0.252 e. The molecule has 0 aromatic heterocycles. The molecule has 5 heteroatoms. The molecule has 3 N–H and O–H groups in total. The van der Waals surface area contributed by atoms with E-state index in [2.05, 4.69) is 5.32 Å². The minimum atomic E-state index is -0.919. The fourth-order valence-corrected chi connectivity index (χ4v) is 1.56. The van der Waals surface area contributed by atoms with Crippen molar-refractivity contribution in [2.24, 2.45) is 5.73 Å². The van der Waals surface area contributed by atoms with E-state index in [1.165, 1.54) is 7.11 Å². The molecule has 0 aliphatic heterocycles. The highest BCUT2D eigenvalue weighted by atomic mass is 32.1. The second-order valence-electron chi connectivity index (χ2n) is 4.43. The van der Waals surface area contributed by atoms with Gasteiger partial charge in [-0.15, -0.1) is 0 Å². The lowest BCUT2D eigenvalue weighted by Gasteiger charge is -2.26. The molecule has 98 valence electrons. The number of carbonyl (C=O) groups excluding carboxylic acids is 1. The summed E-state index contributed by atoms with van der Waals surface area (Å²) in [5, 5.41) is 2.79. The fraction of sp³-hybridized carbons (Fsp3) is 0.385. The Morgan fingerprint density at radius 2 is 1.94 bits per heavy atom. The van der Waals surface area contributed by atoms with Gasteiger partial charge in [-0.3, -0.25) is 4.79 Å². The van der Waals surface area contributed by atoms with E-state index in [1.807, 2.05) is 30.3 Å². The normalized spacial score (nSPS) is 12.8. The first-order valence-electron chi connectivity index (χ1n) is 5.59. The van der Waals surface area contributed by atoms with Crippen molar-refractivity contribution < 1.29 is 9.53 Å². The molecule has 0 saturated carbocycles. The van der Waals surface area contributed by atoms with Crippen LogP contribution in [0.3, 0.4) is 0 Å². The molecule has 0 heterocycles. The monoisotopic (exact) mass is 266 g/mol. The Bertz CT molecular complexity index is 432. The molecule has 0 saturated heterocycles. The average Bonchev–Trinajstić information content (AvgIpc) is 2.36. The van der Waals surface area contributed by atoms with Crippen molar-refractivity contribution in [1.29, 1.82) is 0 Å². The summed E-state index contributed by atoms with van der Waals surface area (Å²) < 4.78 is 5.12. The lowest BCUT2D eigenvalue weighted by Crippen LogP contribution is -2.47. The molecule has 18 heavy (non-hydrogen) atoms. The standard InChI is InChI=1S/C13H18N2O2S/c1-13(2,17-3)12(16)15-10(11(14)18)9-7-5-4-6-8-9/h4-8,10H,1-3H3,(H2,14,18)(H,15,16). The highest BCUT2D eigenvalue weighted by molar-refractivity contribution is 7.80. The van der Waals surface area contributed by atoms with Crippen LogP contribution >= 0.6 is 12.2 Å². The van der Waals surface area contributed by atoms with Crippen LogP contribution < -0.4 is 11.1 Å². The largest absolute Gasteiger partial charge is 0.391 e. The number of ether oxygens (including phenoxy) is 1. The van der Waals surface area contributed by atoms with Gasteiger partial charge >= 0.3 is 0 Å². The second kappa shape index (κ2) is 5.93. The number of hydrogen-bond donors (Lipinski definition) is 2. The van der Waals surface area contributed by atoms with E-state index in [0.29, 0.717) is 0 Å². The molecule has 1 aromatic rings. The van der Waals surface area contributed by atoms with Gasteiger partial charge in [0.15, 0.2) is 0 Å². The van der Waals surface area contributed by atoms with Crippen molar-refractivity contribution in [3.8, 4) is 0 Å². The third kappa shape index (κ3) is 3.51. The van der Waals surface area contributed by atoms with E-state index in [1.54, 1.807) is 13.8 Å². The van der Waals surface area contributed by atoms with Crippen molar-refractivity contribution >= 4 is 23.1 Å². The molecule has 0 radical (unpaired) electrons. The summed E-state index contributed by atoms with van der Waals surface area (Å²) in [5.74, 6) is -0.258. The summed E-state index contributed by atoms with van der Waals surface area (Å²) in [6.07, 6.45) is 0. The summed E-state index contributed by atoms with van der Waals surface area (Å²) >= 11 is 5.00. The Hall–Kier alpha value is -1.46. The quantitative estimate of drug-likeness (QED) is 0.794. The molecule has 1 amide bonds. The van der Waals surface area contributed by atoms with Crippen molar-refractivity contribution in [3.05, 3.63) is 35.9 Å². The zero-order valence-electron chi connectivity index (χ0n) is 10.8. The Kier molecular flexibility index (Phi) is 4.81. The molecular weight excluding hydrogens is 248 g/mol. The molecule has 0 spiro atoms. The number of hydrogen-bond acceptors (Lipinski definition) is 3. The predicted molar refractivity (Wildman–Crippen MR) is 75.2 cm³/mol. The highest BCUT2D eigenvalue weighted by Crippen LogP contribution is 2.16. The van der Waals surface area contributed by atoms with Crippen LogP contribution in [0.25, 0.3) is 0 Å². The first-order chi connectivity index (χ1) is 8.38. The van der Waals surface area contributed by atoms with Crippen LogP contribution in [0.1, 0.15) is 25.5 Å². The van der Waals surface area contributed by atoms with Gasteiger partial charge in [-0.2, -0.15) is 0 Å². The molecule has 1 unspecified atom stereocenters. The van der Waals surface area contributed by atoms with Crippen LogP contribution in [0.4, 0.5) is 0 Å². The molecule has 0 aliphatic carbocycles. The first kappa shape index (κ1) is 14.6. The maximum atomic E-state index is 12.0. The predicted octanol–water partition coefficient (Wildman–Crippen LogP) is 1.55. The van der Waals surface area contributed by atoms with Crippen molar-refractivity contribution in [1.82, 2.24) is 5.32 Å². The van der Waals surface area contributed by atoms with Gasteiger partial charge in [0.1, 0.15) is 16.6 Å². The zero-order valence-corrected chi connectivity index (χ0v) is 11.6. The van der Waals surface area contributed by atoms with Crippen molar-refractivity contribution in [3.63, 3.8) is 0 Å². The van der Waals surface area contributed by atoms with Crippen LogP contribution in [0, 0.1) is 0 Å². The Morgan fingerprint density at radius 3 is 2.39 bits per heavy atom. The van der Waals surface area contributed by atoms with Crippen molar-refractivity contribution in [2.75, 3.05) is 7.11 Å². The van der Waals surface area contributed by atoms with Gasteiger partial charge in [-0.1, -0.05) is 42.5 Å². The maximum absolute atomic E-state index is 12.0. The third-order valence-corrected chi connectivity index (χ3v) is 2.99. The maximum Gasteiger partial charge on any atom is 0.252 e. The van der Waals surface area contributed by atoms with E-state index < -0.39 is 11.6 Å². The minimum absolute atomic E-state index is 0.224. The number of carbonyl (C=O) groups is 1. The summed E-state index contributed by atoms with van der Waals surface area (Å²) in [6, 6.07) is 8.88. The van der Waals surface area contributed by atoms with Crippen LogP contribution in [0.2, 0.25) is 0 Å².